The fraction of sp³-hybridized carbons (Fsp3) is 0.667. The number of amides is 1. The molecule has 1 aromatic carbocycles. The van der Waals surface area contributed by atoms with Crippen molar-refractivity contribution in [3.63, 3.8) is 0 Å². The third-order valence-corrected chi connectivity index (χ3v) is 6.25. The van der Waals surface area contributed by atoms with Crippen LogP contribution in [0, 0.1) is 17.8 Å². The first kappa shape index (κ1) is 17.5. The molecule has 4 fully saturated rings. The summed E-state index contributed by atoms with van der Waals surface area (Å²) >= 11 is 0. The van der Waals surface area contributed by atoms with Crippen LogP contribution in [0.4, 0.5) is 16.2 Å². The maximum absolute atomic E-state index is 11.9. The van der Waals surface area contributed by atoms with Crippen molar-refractivity contribution in [2.75, 3.05) is 23.8 Å². The van der Waals surface area contributed by atoms with Gasteiger partial charge in [-0.3, -0.25) is 5.32 Å². The van der Waals surface area contributed by atoms with E-state index in [4.69, 9.17) is 9.47 Å². The summed E-state index contributed by atoms with van der Waals surface area (Å²) in [4.78, 5) is 11.9. The van der Waals surface area contributed by atoms with E-state index in [9.17, 15) is 4.79 Å². The molecule has 0 aliphatic heterocycles. The van der Waals surface area contributed by atoms with Gasteiger partial charge in [-0.25, -0.2) is 4.79 Å². The summed E-state index contributed by atoms with van der Waals surface area (Å²) in [6.45, 7) is 4.78. The Labute approximate surface area is 155 Å². The van der Waals surface area contributed by atoms with Crippen molar-refractivity contribution in [3.8, 4) is 5.75 Å². The second-order valence-electron chi connectivity index (χ2n) is 8.31. The van der Waals surface area contributed by atoms with Crippen LogP contribution in [0.2, 0.25) is 0 Å². The topological polar surface area (TPSA) is 59.6 Å². The first-order valence-corrected chi connectivity index (χ1v) is 10.1. The Morgan fingerprint density at radius 3 is 2.27 bits per heavy atom. The lowest BCUT2D eigenvalue weighted by Crippen LogP contribution is -2.54. The Bertz CT molecular complexity index is 638. The molecule has 0 saturated heterocycles. The van der Waals surface area contributed by atoms with Crippen molar-refractivity contribution in [1.29, 1.82) is 0 Å². The van der Waals surface area contributed by atoms with E-state index >= 15 is 0 Å². The highest BCUT2D eigenvalue weighted by atomic mass is 16.5. The van der Waals surface area contributed by atoms with Crippen molar-refractivity contribution < 1.29 is 14.3 Å². The third-order valence-electron chi connectivity index (χ3n) is 6.25. The quantitative estimate of drug-likeness (QED) is 0.748. The summed E-state index contributed by atoms with van der Waals surface area (Å²) in [5.41, 5.74) is 1.89. The number of carbonyl (C=O) groups excluding carboxylic acids is 1. The van der Waals surface area contributed by atoms with Gasteiger partial charge in [0.1, 0.15) is 5.75 Å². The van der Waals surface area contributed by atoms with Gasteiger partial charge in [0.15, 0.2) is 0 Å². The molecule has 142 valence electrons. The van der Waals surface area contributed by atoms with Gasteiger partial charge in [0.2, 0.25) is 0 Å². The Balaban J connectivity index is 1.59. The van der Waals surface area contributed by atoms with Crippen molar-refractivity contribution in [2.24, 2.45) is 17.8 Å². The molecular formula is C21H30N2O3. The zero-order valence-corrected chi connectivity index (χ0v) is 15.8. The number of hydrogen-bond acceptors (Lipinski definition) is 4. The van der Waals surface area contributed by atoms with Crippen LogP contribution in [0.5, 0.6) is 5.75 Å². The highest BCUT2D eigenvalue weighted by molar-refractivity contribution is 5.90. The first-order valence-electron chi connectivity index (χ1n) is 10.1. The second-order valence-corrected chi connectivity index (χ2v) is 8.31. The van der Waals surface area contributed by atoms with Crippen LogP contribution >= 0.6 is 0 Å². The lowest BCUT2D eigenvalue weighted by Gasteiger charge is -2.57. The maximum Gasteiger partial charge on any atom is 0.411 e. The lowest BCUT2D eigenvalue weighted by atomic mass is 9.53. The normalized spacial score (nSPS) is 31.5. The summed E-state index contributed by atoms with van der Waals surface area (Å²) in [5, 5.41) is 6.74. The summed E-state index contributed by atoms with van der Waals surface area (Å²) in [7, 11) is 0. The molecular weight excluding hydrogens is 328 g/mol. The molecule has 0 radical (unpaired) electrons. The smallest absolute Gasteiger partial charge is 0.411 e. The van der Waals surface area contributed by atoms with Gasteiger partial charge in [-0.05, 0) is 82.3 Å². The van der Waals surface area contributed by atoms with Gasteiger partial charge in [0, 0.05) is 11.6 Å². The van der Waals surface area contributed by atoms with Crippen LogP contribution in [0.3, 0.4) is 0 Å². The average Bonchev–Trinajstić information content (AvgIpc) is 2.56. The number of hydrogen-bond donors (Lipinski definition) is 2. The molecule has 0 unspecified atom stereocenters. The molecule has 4 aliphatic carbocycles. The monoisotopic (exact) mass is 358 g/mol. The minimum absolute atomic E-state index is 0.171. The SMILES string of the molecule is CCOC(=O)Nc1ccc(OCC)cc1NC12CC3CC(CC(C3)C1)C2. The van der Waals surface area contributed by atoms with Gasteiger partial charge in [0.25, 0.3) is 0 Å². The Morgan fingerprint density at radius 2 is 1.69 bits per heavy atom. The van der Waals surface area contributed by atoms with Crippen molar-refractivity contribution in [1.82, 2.24) is 0 Å². The second kappa shape index (κ2) is 7.01. The number of benzene rings is 1. The fourth-order valence-corrected chi connectivity index (χ4v) is 5.82. The van der Waals surface area contributed by atoms with Gasteiger partial charge >= 0.3 is 6.09 Å². The van der Waals surface area contributed by atoms with Crippen LogP contribution in [0.1, 0.15) is 52.4 Å². The molecule has 2 N–H and O–H groups in total. The average molecular weight is 358 g/mol. The molecule has 1 amide bonds. The van der Waals surface area contributed by atoms with E-state index in [2.05, 4.69) is 10.6 Å². The van der Waals surface area contributed by atoms with E-state index in [1.165, 1.54) is 38.5 Å². The van der Waals surface area contributed by atoms with E-state index in [0.717, 1.165) is 34.9 Å². The van der Waals surface area contributed by atoms with Gasteiger partial charge < -0.3 is 14.8 Å². The molecule has 4 saturated carbocycles. The van der Waals surface area contributed by atoms with Crippen LogP contribution in [-0.4, -0.2) is 24.8 Å². The molecule has 5 nitrogen and oxygen atoms in total. The standard InChI is InChI=1S/C21H30N2O3/c1-3-25-17-5-6-18(22-20(24)26-4-2)19(10-17)23-21-11-14-7-15(12-21)9-16(8-14)13-21/h5-6,10,14-16,23H,3-4,7-9,11-13H2,1-2H3,(H,22,24). The van der Waals surface area contributed by atoms with E-state index in [-0.39, 0.29) is 5.54 Å². The minimum atomic E-state index is -0.412. The number of nitrogens with one attached hydrogen (secondary N) is 2. The summed E-state index contributed by atoms with van der Waals surface area (Å²) in [6.07, 6.45) is 7.56. The maximum atomic E-state index is 11.9. The molecule has 0 heterocycles. The van der Waals surface area contributed by atoms with E-state index < -0.39 is 6.09 Å². The van der Waals surface area contributed by atoms with E-state index in [1.54, 1.807) is 0 Å². The Morgan fingerprint density at radius 1 is 1.04 bits per heavy atom. The van der Waals surface area contributed by atoms with E-state index in [0.29, 0.717) is 13.2 Å². The summed E-state index contributed by atoms with van der Waals surface area (Å²) in [5.74, 6) is 3.43. The molecule has 0 aromatic heterocycles. The van der Waals surface area contributed by atoms with Gasteiger partial charge in [-0.15, -0.1) is 0 Å². The van der Waals surface area contributed by atoms with Crippen molar-refractivity contribution >= 4 is 17.5 Å². The predicted octanol–water partition coefficient (Wildman–Crippen LogP) is 5.03. The van der Waals surface area contributed by atoms with Gasteiger partial charge in [-0.1, -0.05) is 0 Å². The van der Waals surface area contributed by atoms with Gasteiger partial charge in [-0.2, -0.15) is 0 Å². The molecule has 5 heteroatoms. The lowest BCUT2D eigenvalue weighted by molar-refractivity contribution is 0.0107. The fourth-order valence-electron chi connectivity index (χ4n) is 5.82. The van der Waals surface area contributed by atoms with Crippen LogP contribution in [-0.2, 0) is 4.74 Å². The highest BCUT2D eigenvalue weighted by Gasteiger charge is 2.51. The van der Waals surface area contributed by atoms with E-state index in [1.807, 2.05) is 32.0 Å². The van der Waals surface area contributed by atoms with Gasteiger partial charge in [0.05, 0.1) is 24.6 Å². The van der Waals surface area contributed by atoms with Crippen LogP contribution in [0.25, 0.3) is 0 Å². The number of rotatable bonds is 6. The van der Waals surface area contributed by atoms with Crippen molar-refractivity contribution in [3.05, 3.63) is 18.2 Å². The molecule has 5 rings (SSSR count). The number of anilines is 2. The minimum Gasteiger partial charge on any atom is -0.494 e. The zero-order valence-electron chi connectivity index (χ0n) is 15.8. The molecule has 0 spiro atoms. The van der Waals surface area contributed by atoms with Crippen LogP contribution in [0.15, 0.2) is 18.2 Å². The molecule has 26 heavy (non-hydrogen) atoms. The predicted molar refractivity (Wildman–Crippen MR) is 103 cm³/mol. The molecule has 0 atom stereocenters. The Kier molecular flexibility index (Phi) is 4.72. The summed E-state index contributed by atoms with van der Waals surface area (Å²) < 4.78 is 10.8. The highest BCUT2D eigenvalue weighted by Crippen LogP contribution is 2.57. The Hall–Kier alpha value is -1.91. The molecule has 4 aliphatic rings. The van der Waals surface area contributed by atoms with Crippen LogP contribution < -0.4 is 15.4 Å². The molecule has 4 bridgehead atoms. The first-order chi connectivity index (χ1) is 12.6. The zero-order chi connectivity index (χ0) is 18.1. The summed E-state index contributed by atoms with van der Waals surface area (Å²) in [6, 6.07) is 5.82. The molecule has 1 aromatic rings. The number of ether oxygens (including phenoxy) is 2. The van der Waals surface area contributed by atoms with Crippen molar-refractivity contribution in [2.45, 2.75) is 57.9 Å². The number of carbonyl (C=O) groups is 1. The largest absolute Gasteiger partial charge is 0.494 e. The third kappa shape index (κ3) is 3.49.